The van der Waals surface area contributed by atoms with Crippen LogP contribution in [-0.2, 0) is 6.18 Å². The zero-order valence-corrected chi connectivity index (χ0v) is 13.8. The van der Waals surface area contributed by atoms with E-state index >= 15 is 0 Å². The lowest BCUT2D eigenvalue weighted by molar-refractivity contribution is -0.137. The Morgan fingerprint density at radius 2 is 2.10 bits per heavy atom. The summed E-state index contributed by atoms with van der Waals surface area (Å²) in [7, 11) is 0. The Labute approximate surface area is 131 Å². The Bertz CT molecular complexity index is 482. The van der Waals surface area contributed by atoms with Crippen molar-refractivity contribution in [3.63, 3.8) is 0 Å². The SMILES string of the molecule is CC(C)N(CC1CCCN1)c1ccc(C(F)(F)F)cc1Br. The summed E-state index contributed by atoms with van der Waals surface area (Å²) in [5.74, 6) is 0. The van der Waals surface area contributed by atoms with E-state index in [0.29, 0.717) is 10.5 Å². The van der Waals surface area contributed by atoms with E-state index in [-0.39, 0.29) is 6.04 Å². The first-order chi connectivity index (χ1) is 9.79. The predicted octanol–water partition coefficient (Wildman–Crippen LogP) is 4.43. The number of anilines is 1. The van der Waals surface area contributed by atoms with Crippen molar-refractivity contribution >= 4 is 21.6 Å². The highest BCUT2D eigenvalue weighted by atomic mass is 79.9. The first-order valence-corrected chi connectivity index (χ1v) is 7.95. The van der Waals surface area contributed by atoms with E-state index in [4.69, 9.17) is 0 Å². The van der Waals surface area contributed by atoms with Crippen LogP contribution in [-0.4, -0.2) is 25.2 Å². The zero-order chi connectivity index (χ0) is 15.6. The van der Waals surface area contributed by atoms with Crippen LogP contribution < -0.4 is 10.2 Å². The summed E-state index contributed by atoms with van der Waals surface area (Å²) in [4.78, 5) is 2.15. The van der Waals surface area contributed by atoms with Gasteiger partial charge in [0.1, 0.15) is 0 Å². The molecule has 0 spiro atoms. The lowest BCUT2D eigenvalue weighted by Gasteiger charge is -2.32. The highest BCUT2D eigenvalue weighted by molar-refractivity contribution is 9.10. The van der Waals surface area contributed by atoms with Crippen LogP contribution in [0.2, 0.25) is 0 Å². The highest BCUT2D eigenvalue weighted by Gasteiger charge is 2.31. The molecule has 2 rings (SSSR count). The number of nitrogens with one attached hydrogen (secondary N) is 1. The van der Waals surface area contributed by atoms with Crippen LogP contribution in [0, 0.1) is 0 Å². The van der Waals surface area contributed by atoms with Gasteiger partial charge < -0.3 is 10.2 Å². The summed E-state index contributed by atoms with van der Waals surface area (Å²) in [6.45, 7) is 5.94. The molecule has 0 radical (unpaired) electrons. The van der Waals surface area contributed by atoms with Crippen LogP contribution in [0.3, 0.4) is 0 Å². The number of benzene rings is 1. The largest absolute Gasteiger partial charge is 0.416 e. The molecule has 1 unspecified atom stereocenters. The van der Waals surface area contributed by atoms with Crippen molar-refractivity contribution in [3.8, 4) is 0 Å². The molecule has 1 atom stereocenters. The van der Waals surface area contributed by atoms with E-state index in [9.17, 15) is 13.2 Å². The van der Waals surface area contributed by atoms with E-state index in [1.807, 2.05) is 0 Å². The van der Waals surface area contributed by atoms with Crippen LogP contribution in [0.15, 0.2) is 22.7 Å². The highest BCUT2D eigenvalue weighted by Crippen LogP contribution is 2.36. The number of rotatable bonds is 4. The maximum atomic E-state index is 12.7. The molecule has 0 aromatic heterocycles. The minimum atomic E-state index is -4.31. The Morgan fingerprint density at radius 3 is 2.57 bits per heavy atom. The van der Waals surface area contributed by atoms with Crippen LogP contribution in [0.4, 0.5) is 18.9 Å². The number of halogens is 4. The second-order valence-electron chi connectivity index (χ2n) is 5.70. The molecule has 2 nitrogen and oxygen atoms in total. The van der Waals surface area contributed by atoms with E-state index in [1.54, 1.807) is 6.07 Å². The van der Waals surface area contributed by atoms with Gasteiger partial charge in [0, 0.05) is 23.1 Å². The van der Waals surface area contributed by atoms with Crippen LogP contribution >= 0.6 is 15.9 Å². The Balaban J connectivity index is 2.23. The van der Waals surface area contributed by atoms with Gasteiger partial charge in [-0.05, 0) is 67.4 Å². The van der Waals surface area contributed by atoms with E-state index in [1.165, 1.54) is 0 Å². The summed E-state index contributed by atoms with van der Waals surface area (Å²) in [5.41, 5.74) is 0.188. The average molecular weight is 365 g/mol. The monoisotopic (exact) mass is 364 g/mol. The minimum absolute atomic E-state index is 0.223. The van der Waals surface area contributed by atoms with Gasteiger partial charge in [0.25, 0.3) is 0 Å². The number of hydrogen-bond donors (Lipinski definition) is 1. The van der Waals surface area contributed by atoms with Crippen molar-refractivity contribution in [2.45, 2.75) is 44.9 Å². The topological polar surface area (TPSA) is 15.3 Å². The lowest BCUT2D eigenvalue weighted by atomic mass is 10.1. The molecular weight excluding hydrogens is 345 g/mol. The molecule has 6 heteroatoms. The van der Waals surface area contributed by atoms with Crippen molar-refractivity contribution in [2.24, 2.45) is 0 Å². The maximum absolute atomic E-state index is 12.7. The van der Waals surface area contributed by atoms with E-state index < -0.39 is 11.7 Å². The fourth-order valence-corrected chi connectivity index (χ4v) is 3.26. The van der Waals surface area contributed by atoms with Gasteiger partial charge in [-0.15, -0.1) is 0 Å². The van der Waals surface area contributed by atoms with Crippen LogP contribution in [0.25, 0.3) is 0 Å². The van der Waals surface area contributed by atoms with Crippen molar-refractivity contribution in [3.05, 3.63) is 28.2 Å². The Hall–Kier alpha value is -0.750. The normalized spacial score (nSPS) is 19.3. The molecule has 0 saturated carbocycles. The molecular formula is C15H20BrF3N2. The van der Waals surface area contributed by atoms with Crippen LogP contribution in [0.5, 0.6) is 0 Å². The van der Waals surface area contributed by atoms with Gasteiger partial charge in [-0.1, -0.05) is 0 Å². The molecule has 1 saturated heterocycles. The molecule has 1 aliphatic heterocycles. The maximum Gasteiger partial charge on any atom is 0.416 e. The average Bonchev–Trinajstić information content (AvgIpc) is 2.88. The quantitative estimate of drug-likeness (QED) is 0.849. The molecule has 118 valence electrons. The number of alkyl halides is 3. The van der Waals surface area contributed by atoms with Gasteiger partial charge in [0.15, 0.2) is 0 Å². The second-order valence-corrected chi connectivity index (χ2v) is 6.56. The van der Waals surface area contributed by atoms with Gasteiger partial charge in [-0.3, -0.25) is 0 Å². The minimum Gasteiger partial charge on any atom is -0.367 e. The van der Waals surface area contributed by atoms with Gasteiger partial charge in [0.05, 0.1) is 11.3 Å². The van der Waals surface area contributed by atoms with Crippen molar-refractivity contribution in [2.75, 3.05) is 18.0 Å². The van der Waals surface area contributed by atoms with Crippen molar-refractivity contribution in [1.82, 2.24) is 5.32 Å². The molecule has 1 N–H and O–H groups in total. The fraction of sp³-hybridized carbons (Fsp3) is 0.600. The summed E-state index contributed by atoms with van der Waals surface area (Å²) in [5, 5.41) is 3.43. The molecule has 1 heterocycles. The second kappa shape index (κ2) is 6.57. The van der Waals surface area contributed by atoms with E-state index in [0.717, 1.165) is 43.8 Å². The van der Waals surface area contributed by atoms with E-state index in [2.05, 4.69) is 40.0 Å². The summed E-state index contributed by atoms with van der Waals surface area (Å²) in [6, 6.07) is 4.49. The van der Waals surface area contributed by atoms with Gasteiger partial charge in [0.2, 0.25) is 0 Å². The summed E-state index contributed by atoms with van der Waals surface area (Å²) in [6.07, 6.45) is -2.04. The van der Waals surface area contributed by atoms with Crippen molar-refractivity contribution in [1.29, 1.82) is 0 Å². The third kappa shape index (κ3) is 4.13. The molecule has 1 aromatic carbocycles. The summed E-state index contributed by atoms with van der Waals surface area (Å²) >= 11 is 3.30. The Kier molecular flexibility index (Phi) is 5.20. The third-order valence-electron chi connectivity index (χ3n) is 3.79. The smallest absolute Gasteiger partial charge is 0.367 e. The van der Waals surface area contributed by atoms with Crippen molar-refractivity contribution < 1.29 is 13.2 Å². The molecule has 1 fully saturated rings. The molecule has 1 aliphatic rings. The predicted molar refractivity (Wildman–Crippen MR) is 82.7 cm³/mol. The van der Waals surface area contributed by atoms with Gasteiger partial charge in [-0.2, -0.15) is 13.2 Å². The molecule has 1 aromatic rings. The third-order valence-corrected chi connectivity index (χ3v) is 4.42. The zero-order valence-electron chi connectivity index (χ0n) is 12.2. The van der Waals surface area contributed by atoms with Gasteiger partial charge in [-0.25, -0.2) is 0 Å². The molecule has 21 heavy (non-hydrogen) atoms. The first kappa shape index (κ1) is 16.6. The molecule has 0 amide bonds. The number of nitrogens with zero attached hydrogens (tertiary/aromatic N) is 1. The molecule has 0 bridgehead atoms. The number of hydrogen-bond acceptors (Lipinski definition) is 2. The lowest BCUT2D eigenvalue weighted by Crippen LogP contribution is -2.41. The molecule has 0 aliphatic carbocycles. The van der Waals surface area contributed by atoms with Gasteiger partial charge >= 0.3 is 6.18 Å². The first-order valence-electron chi connectivity index (χ1n) is 7.16. The van der Waals surface area contributed by atoms with Crippen LogP contribution in [0.1, 0.15) is 32.3 Å². The summed E-state index contributed by atoms with van der Waals surface area (Å²) < 4.78 is 38.7. The fourth-order valence-electron chi connectivity index (χ4n) is 2.65. The standard InChI is InChI=1S/C15H20BrF3N2/c1-10(2)21(9-12-4-3-7-20-12)14-6-5-11(8-13(14)16)15(17,18)19/h5-6,8,10,12,20H,3-4,7,9H2,1-2H3. The Morgan fingerprint density at radius 1 is 1.38 bits per heavy atom.